The maximum Gasteiger partial charge on any atom is 0.485 e. The number of aryl methyl sites for hydroxylation is 1. The minimum atomic E-state index is -6.09. The van der Waals surface area contributed by atoms with Crippen LogP contribution in [0.15, 0.2) is 11.6 Å². The molecule has 1 aliphatic heterocycles. The summed E-state index contributed by atoms with van der Waals surface area (Å²) in [5.74, 6) is 0. The molecule has 1 saturated heterocycles. The zero-order valence-electron chi connectivity index (χ0n) is 23.2. The maximum atomic E-state index is 13.2. The van der Waals surface area contributed by atoms with Crippen molar-refractivity contribution in [3.63, 3.8) is 0 Å². The SMILES string of the molecule is C[n+]1ccsc1[C@@H](O[Si](C)(C)C(C)(C)C)[C@H]1COC(C)(C)N1C(=O)OC(C)(C)C.O=S(=O)([O-])C(F)(F)F. The van der Waals surface area contributed by atoms with Gasteiger partial charge >= 0.3 is 11.6 Å². The Balaban J connectivity index is 0.000000738. The summed E-state index contributed by atoms with van der Waals surface area (Å²) in [6.07, 6.45) is 1.38. The summed E-state index contributed by atoms with van der Waals surface area (Å²) < 4.78 is 79.7. The van der Waals surface area contributed by atoms with Gasteiger partial charge in [0.15, 0.2) is 30.7 Å². The molecule has 0 N–H and O–H groups in total. The first-order valence-corrected chi connectivity index (χ1v) is 16.7. The fourth-order valence-electron chi connectivity index (χ4n) is 3.13. The summed E-state index contributed by atoms with van der Waals surface area (Å²) in [5, 5.41) is 3.18. The quantitative estimate of drug-likeness (QED) is 0.208. The van der Waals surface area contributed by atoms with Crippen LogP contribution in [-0.2, 0) is 31.1 Å². The van der Waals surface area contributed by atoms with Crippen LogP contribution in [0.5, 0.6) is 0 Å². The summed E-state index contributed by atoms with van der Waals surface area (Å²) in [6, 6.07) is -0.265. The van der Waals surface area contributed by atoms with Crippen molar-refractivity contribution < 1.29 is 49.4 Å². The Morgan fingerprint density at radius 2 is 1.73 bits per heavy atom. The highest BCUT2D eigenvalue weighted by Crippen LogP contribution is 2.44. The van der Waals surface area contributed by atoms with E-state index in [2.05, 4.69) is 43.8 Å². The molecule has 2 heterocycles. The van der Waals surface area contributed by atoms with Crippen molar-refractivity contribution in [2.45, 2.75) is 103 Å². The third kappa shape index (κ3) is 8.88. The summed E-state index contributed by atoms with van der Waals surface area (Å²) in [5.41, 5.74) is -6.99. The van der Waals surface area contributed by atoms with Gasteiger partial charge in [-0.3, -0.25) is 4.90 Å². The number of halogens is 3. The number of carbonyl (C=O) groups is 1. The van der Waals surface area contributed by atoms with E-state index in [0.29, 0.717) is 6.61 Å². The molecule has 0 bridgehead atoms. The first kappa shape index (κ1) is 33.8. The molecule has 1 fully saturated rings. The molecule has 15 heteroatoms. The molecule has 216 valence electrons. The molecule has 1 aromatic rings. The Morgan fingerprint density at radius 3 is 2.08 bits per heavy atom. The number of hydrogen-bond acceptors (Lipinski definition) is 8. The normalized spacial score (nSPS) is 19.8. The number of alkyl halides is 3. The number of thiazole rings is 1. The average molecular weight is 593 g/mol. The Morgan fingerprint density at radius 1 is 1.24 bits per heavy atom. The number of nitrogens with zero attached hydrogens (tertiary/aromatic N) is 2. The molecule has 1 amide bonds. The number of aromatic nitrogens is 1. The van der Waals surface area contributed by atoms with Crippen LogP contribution in [0.2, 0.25) is 18.1 Å². The molecule has 2 atom stereocenters. The molecule has 9 nitrogen and oxygen atoms in total. The Hall–Kier alpha value is -1.26. The summed E-state index contributed by atoms with van der Waals surface area (Å²) in [6.45, 7) is 21.0. The van der Waals surface area contributed by atoms with E-state index in [4.69, 9.17) is 26.9 Å². The number of ether oxygens (including phenoxy) is 2. The van der Waals surface area contributed by atoms with Crippen molar-refractivity contribution in [2.75, 3.05) is 6.61 Å². The Labute approximate surface area is 222 Å². The number of amides is 1. The standard InChI is InChI=1S/C21H39N2O4SSi.CHF3O3S/c1-19(2,3)26-18(24)23-15(14-25-21(23,7)8)16(17-22(9)12-13-28-17)27-29(10,11)20(4,5)6;2-1(3,4)8(5,6)7/h12-13,15-16H,14H2,1-11H3;(H,5,6,7)/q+1;/p-1/t15-,16+;/m1./s1. The summed E-state index contributed by atoms with van der Waals surface area (Å²) in [4.78, 5) is 14.9. The van der Waals surface area contributed by atoms with Crippen LogP contribution in [0.3, 0.4) is 0 Å². The van der Waals surface area contributed by atoms with Gasteiger partial charge in [0.1, 0.15) is 18.4 Å². The second-order valence-corrected chi connectivity index (χ2v) is 18.8. The lowest BCUT2D eigenvalue weighted by molar-refractivity contribution is -0.677. The van der Waals surface area contributed by atoms with Crippen molar-refractivity contribution in [1.82, 2.24) is 4.90 Å². The number of hydrogen-bond donors (Lipinski definition) is 0. The van der Waals surface area contributed by atoms with Crippen molar-refractivity contribution >= 4 is 35.9 Å². The van der Waals surface area contributed by atoms with E-state index >= 15 is 0 Å². The lowest BCUT2D eigenvalue weighted by atomic mass is 10.1. The number of carbonyl (C=O) groups excluding carboxylic acids is 1. The van der Waals surface area contributed by atoms with Gasteiger partial charge in [0, 0.05) is 0 Å². The molecular weight excluding hydrogens is 553 g/mol. The Bertz CT molecular complexity index is 1050. The lowest BCUT2D eigenvalue weighted by Crippen LogP contribution is -2.55. The van der Waals surface area contributed by atoms with Gasteiger partial charge in [0.05, 0.1) is 18.0 Å². The van der Waals surface area contributed by atoms with Gasteiger partial charge in [-0.15, -0.1) is 0 Å². The fourth-order valence-corrected chi connectivity index (χ4v) is 5.42. The van der Waals surface area contributed by atoms with Crippen LogP contribution in [0, 0.1) is 0 Å². The van der Waals surface area contributed by atoms with Crippen LogP contribution in [0.4, 0.5) is 18.0 Å². The third-order valence-electron chi connectivity index (χ3n) is 6.03. The summed E-state index contributed by atoms with van der Waals surface area (Å²) in [7, 11) is -6.18. The van der Waals surface area contributed by atoms with Gasteiger partial charge in [-0.25, -0.2) is 13.2 Å². The first-order valence-electron chi connectivity index (χ1n) is 11.5. The largest absolute Gasteiger partial charge is 0.741 e. The van der Waals surface area contributed by atoms with E-state index in [-0.39, 0.29) is 23.3 Å². The van der Waals surface area contributed by atoms with E-state index in [0.717, 1.165) is 5.01 Å². The molecule has 1 aromatic heterocycles. The van der Waals surface area contributed by atoms with Crippen LogP contribution < -0.4 is 4.57 Å². The van der Waals surface area contributed by atoms with Gasteiger partial charge in [-0.1, -0.05) is 32.1 Å². The highest BCUT2D eigenvalue weighted by atomic mass is 32.2. The molecule has 0 spiro atoms. The van der Waals surface area contributed by atoms with E-state index in [9.17, 15) is 18.0 Å². The summed E-state index contributed by atoms with van der Waals surface area (Å²) >= 11 is 1.65. The smallest absolute Gasteiger partial charge is 0.485 e. The van der Waals surface area contributed by atoms with E-state index in [1.165, 1.54) is 0 Å². The first-order chi connectivity index (χ1) is 16.2. The van der Waals surface area contributed by atoms with Gasteiger partial charge in [0.2, 0.25) is 0 Å². The van der Waals surface area contributed by atoms with E-state index in [1.54, 1.807) is 16.2 Å². The van der Waals surface area contributed by atoms with Crippen molar-refractivity contribution in [2.24, 2.45) is 7.05 Å². The van der Waals surface area contributed by atoms with Crippen molar-refractivity contribution in [3.05, 3.63) is 16.6 Å². The van der Waals surface area contributed by atoms with Gasteiger partial charge < -0.3 is 18.5 Å². The van der Waals surface area contributed by atoms with Crippen molar-refractivity contribution in [1.29, 1.82) is 0 Å². The highest BCUT2D eigenvalue weighted by molar-refractivity contribution is 7.86. The molecule has 0 aromatic carbocycles. The third-order valence-corrected chi connectivity index (χ3v) is 12.1. The van der Waals surface area contributed by atoms with Crippen molar-refractivity contribution in [3.8, 4) is 0 Å². The molecule has 0 radical (unpaired) electrons. The molecule has 37 heavy (non-hydrogen) atoms. The van der Waals surface area contributed by atoms with Gasteiger partial charge in [0.25, 0.3) is 5.01 Å². The molecule has 0 saturated carbocycles. The lowest BCUT2D eigenvalue weighted by Gasteiger charge is -2.42. The minimum Gasteiger partial charge on any atom is -0.741 e. The topological polar surface area (TPSA) is 109 Å². The molecule has 2 rings (SSSR count). The van der Waals surface area contributed by atoms with Crippen LogP contribution >= 0.6 is 11.3 Å². The zero-order chi connectivity index (χ0) is 29.4. The number of rotatable bonds is 4. The second kappa shape index (κ2) is 11.1. The van der Waals surface area contributed by atoms with Crippen LogP contribution in [-0.4, -0.2) is 61.8 Å². The van der Waals surface area contributed by atoms with Gasteiger partial charge in [-0.05, 0) is 52.8 Å². The second-order valence-electron chi connectivity index (χ2n) is 11.7. The zero-order valence-corrected chi connectivity index (χ0v) is 25.9. The highest BCUT2D eigenvalue weighted by Gasteiger charge is 2.53. The monoisotopic (exact) mass is 592 g/mol. The van der Waals surface area contributed by atoms with Gasteiger partial charge in [-0.2, -0.15) is 17.7 Å². The van der Waals surface area contributed by atoms with E-state index < -0.39 is 35.3 Å². The predicted octanol–water partition coefficient (Wildman–Crippen LogP) is 5.06. The predicted molar refractivity (Wildman–Crippen MR) is 134 cm³/mol. The maximum absolute atomic E-state index is 13.2. The molecule has 1 aliphatic rings. The molecule has 0 unspecified atom stereocenters. The molecular formula is C22H39F3N2O7S2Si. The molecule has 0 aliphatic carbocycles. The van der Waals surface area contributed by atoms with Crippen LogP contribution in [0.1, 0.15) is 66.5 Å². The average Bonchev–Trinajstić information content (AvgIpc) is 3.18. The van der Waals surface area contributed by atoms with Crippen LogP contribution in [0.25, 0.3) is 0 Å². The Kier molecular flexibility index (Phi) is 10.1. The fraction of sp³-hybridized carbons (Fsp3) is 0.818. The van der Waals surface area contributed by atoms with E-state index in [1.807, 2.05) is 47.9 Å². The minimum absolute atomic E-state index is 0.0484.